The SMILES string of the molecule is CC(=O)N[C@H](CO)C(=O)N1CCC(c2[nH]ncc2-c2cccc(C)c2)CC1. The number of hydrogen-bond acceptors (Lipinski definition) is 4. The Labute approximate surface area is 158 Å². The van der Waals surface area contributed by atoms with Gasteiger partial charge >= 0.3 is 0 Å². The van der Waals surface area contributed by atoms with Crippen LogP contribution < -0.4 is 5.32 Å². The number of aliphatic hydroxyl groups excluding tert-OH is 1. The van der Waals surface area contributed by atoms with E-state index in [1.165, 1.54) is 12.5 Å². The number of aryl methyl sites for hydroxylation is 1. The van der Waals surface area contributed by atoms with Crippen molar-refractivity contribution >= 4 is 11.8 Å². The summed E-state index contributed by atoms with van der Waals surface area (Å²) in [5.41, 5.74) is 4.56. The normalized spacial score (nSPS) is 16.2. The van der Waals surface area contributed by atoms with E-state index in [4.69, 9.17) is 0 Å². The Morgan fingerprint density at radius 3 is 2.74 bits per heavy atom. The second-order valence-corrected chi connectivity index (χ2v) is 7.10. The van der Waals surface area contributed by atoms with Gasteiger partial charge in [-0.25, -0.2) is 0 Å². The van der Waals surface area contributed by atoms with E-state index in [9.17, 15) is 14.7 Å². The fourth-order valence-corrected chi connectivity index (χ4v) is 3.69. The Morgan fingerprint density at radius 2 is 2.11 bits per heavy atom. The van der Waals surface area contributed by atoms with Crippen molar-refractivity contribution in [1.29, 1.82) is 0 Å². The summed E-state index contributed by atoms with van der Waals surface area (Å²) in [6.45, 7) is 4.20. The van der Waals surface area contributed by atoms with Crippen molar-refractivity contribution in [3.05, 3.63) is 41.7 Å². The number of hydrogen-bond donors (Lipinski definition) is 3. The van der Waals surface area contributed by atoms with Gasteiger partial charge < -0.3 is 15.3 Å². The van der Waals surface area contributed by atoms with Crippen LogP contribution in [0.5, 0.6) is 0 Å². The monoisotopic (exact) mass is 370 g/mol. The molecule has 144 valence electrons. The molecule has 0 radical (unpaired) electrons. The molecule has 3 N–H and O–H groups in total. The lowest BCUT2D eigenvalue weighted by Gasteiger charge is -2.34. The first-order chi connectivity index (χ1) is 13.0. The summed E-state index contributed by atoms with van der Waals surface area (Å²) < 4.78 is 0. The third-order valence-corrected chi connectivity index (χ3v) is 5.07. The van der Waals surface area contributed by atoms with Gasteiger partial charge in [-0.1, -0.05) is 29.8 Å². The van der Waals surface area contributed by atoms with Gasteiger partial charge in [0.15, 0.2) is 0 Å². The lowest BCUT2D eigenvalue weighted by Crippen LogP contribution is -2.51. The molecular formula is C20H26N4O3. The number of likely N-dealkylation sites (tertiary alicyclic amines) is 1. The van der Waals surface area contributed by atoms with Crippen LogP contribution in [0.15, 0.2) is 30.5 Å². The Balaban J connectivity index is 1.67. The lowest BCUT2D eigenvalue weighted by atomic mass is 9.89. The summed E-state index contributed by atoms with van der Waals surface area (Å²) in [7, 11) is 0. The second-order valence-electron chi connectivity index (χ2n) is 7.10. The molecule has 1 saturated heterocycles. The van der Waals surface area contributed by atoms with Crippen molar-refractivity contribution < 1.29 is 14.7 Å². The third kappa shape index (κ3) is 4.36. The number of piperidine rings is 1. The van der Waals surface area contributed by atoms with Crippen molar-refractivity contribution in [1.82, 2.24) is 20.4 Å². The molecule has 27 heavy (non-hydrogen) atoms. The van der Waals surface area contributed by atoms with Gasteiger partial charge in [0, 0.05) is 37.2 Å². The molecule has 1 aliphatic rings. The average molecular weight is 370 g/mol. The molecule has 2 heterocycles. The van der Waals surface area contributed by atoms with Crippen LogP contribution in [0.25, 0.3) is 11.1 Å². The molecule has 1 aromatic heterocycles. The molecule has 0 aliphatic carbocycles. The predicted octanol–water partition coefficient (Wildman–Crippen LogP) is 1.59. The molecule has 2 aromatic rings. The number of aromatic amines is 1. The molecule has 7 nitrogen and oxygen atoms in total. The van der Waals surface area contributed by atoms with Crippen molar-refractivity contribution in [3.63, 3.8) is 0 Å². The number of nitrogens with zero attached hydrogens (tertiary/aromatic N) is 2. The molecule has 0 spiro atoms. The Kier molecular flexibility index (Phi) is 5.91. The largest absolute Gasteiger partial charge is 0.394 e. The molecule has 2 amide bonds. The van der Waals surface area contributed by atoms with Crippen molar-refractivity contribution in [2.75, 3.05) is 19.7 Å². The summed E-state index contributed by atoms with van der Waals surface area (Å²) >= 11 is 0. The van der Waals surface area contributed by atoms with Gasteiger partial charge in [-0.15, -0.1) is 0 Å². The molecular weight excluding hydrogens is 344 g/mol. The third-order valence-electron chi connectivity index (χ3n) is 5.07. The van der Waals surface area contributed by atoms with Gasteiger partial charge in [0.1, 0.15) is 6.04 Å². The Bertz CT molecular complexity index is 809. The zero-order valence-electron chi connectivity index (χ0n) is 15.7. The van der Waals surface area contributed by atoms with Crippen LogP contribution in [0.4, 0.5) is 0 Å². The molecule has 1 aliphatic heterocycles. The van der Waals surface area contributed by atoms with E-state index in [0.29, 0.717) is 19.0 Å². The lowest BCUT2D eigenvalue weighted by molar-refractivity contribution is -0.138. The number of benzene rings is 1. The Hall–Kier alpha value is -2.67. The number of H-pyrrole nitrogens is 1. The number of carbonyl (C=O) groups excluding carboxylic acids is 2. The van der Waals surface area contributed by atoms with Gasteiger partial charge in [-0.2, -0.15) is 5.10 Å². The molecule has 0 bridgehead atoms. The van der Waals surface area contributed by atoms with Gasteiger partial charge in [0.2, 0.25) is 11.8 Å². The van der Waals surface area contributed by atoms with Crippen LogP contribution in [0, 0.1) is 6.92 Å². The highest BCUT2D eigenvalue weighted by Crippen LogP contribution is 2.34. The van der Waals surface area contributed by atoms with Crippen LogP contribution in [0.2, 0.25) is 0 Å². The number of carbonyl (C=O) groups is 2. The van der Waals surface area contributed by atoms with Crippen molar-refractivity contribution in [3.8, 4) is 11.1 Å². The minimum Gasteiger partial charge on any atom is -0.394 e. The zero-order chi connectivity index (χ0) is 19.4. The van der Waals surface area contributed by atoms with E-state index in [0.717, 1.165) is 29.7 Å². The average Bonchev–Trinajstić information content (AvgIpc) is 3.15. The van der Waals surface area contributed by atoms with E-state index in [1.807, 2.05) is 12.3 Å². The van der Waals surface area contributed by atoms with Gasteiger partial charge in [-0.05, 0) is 25.3 Å². The summed E-state index contributed by atoms with van der Waals surface area (Å²) in [6.07, 6.45) is 3.48. The summed E-state index contributed by atoms with van der Waals surface area (Å²) in [4.78, 5) is 25.4. The highest BCUT2D eigenvalue weighted by molar-refractivity contribution is 5.87. The topological polar surface area (TPSA) is 98.3 Å². The minimum atomic E-state index is -0.867. The van der Waals surface area contributed by atoms with Crippen LogP contribution >= 0.6 is 0 Å². The second kappa shape index (κ2) is 8.35. The molecule has 0 saturated carbocycles. The van der Waals surface area contributed by atoms with E-state index in [2.05, 4.69) is 40.6 Å². The molecule has 7 heteroatoms. The molecule has 1 aromatic carbocycles. The first-order valence-electron chi connectivity index (χ1n) is 9.26. The summed E-state index contributed by atoms with van der Waals surface area (Å²) in [5.74, 6) is -0.257. The number of amides is 2. The Morgan fingerprint density at radius 1 is 1.37 bits per heavy atom. The standard InChI is InChI=1S/C20H26N4O3/c1-13-4-3-5-16(10-13)17-11-21-23-19(17)15-6-8-24(9-7-15)20(27)18(12-25)22-14(2)26/h3-5,10-11,15,18,25H,6-9,12H2,1-2H3,(H,21,23)(H,22,26)/t18-/m1/s1. The first-order valence-corrected chi connectivity index (χ1v) is 9.26. The quantitative estimate of drug-likeness (QED) is 0.744. The van der Waals surface area contributed by atoms with E-state index >= 15 is 0 Å². The maximum atomic E-state index is 12.5. The van der Waals surface area contributed by atoms with Crippen molar-refractivity contribution in [2.24, 2.45) is 0 Å². The maximum absolute atomic E-state index is 12.5. The van der Waals surface area contributed by atoms with E-state index in [1.54, 1.807) is 4.90 Å². The molecule has 1 atom stereocenters. The predicted molar refractivity (Wildman–Crippen MR) is 102 cm³/mol. The summed E-state index contributed by atoms with van der Waals surface area (Å²) in [5, 5.41) is 19.3. The van der Waals surface area contributed by atoms with Crippen LogP contribution in [0.3, 0.4) is 0 Å². The first kappa shape index (κ1) is 19.1. The van der Waals surface area contributed by atoms with Gasteiger partial charge in [0.05, 0.1) is 12.8 Å². The van der Waals surface area contributed by atoms with Crippen LogP contribution in [0.1, 0.15) is 36.9 Å². The number of aliphatic hydroxyl groups is 1. The highest BCUT2D eigenvalue weighted by atomic mass is 16.3. The van der Waals surface area contributed by atoms with Gasteiger partial charge in [0.25, 0.3) is 0 Å². The number of nitrogens with one attached hydrogen (secondary N) is 2. The molecule has 1 fully saturated rings. The number of aromatic nitrogens is 2. The van der Waals surface area contributed by atoms with Gasteiger partial charge in [-0.3, -0.25) is 14.7 Å². The van der Waals surface area contributed by atoms with E-state index in [-0.39, 0.29) is 11.8 Å². The molecule has 3 rings (SSSR count). The fourth-order valence-electron chi connectivity index (χ4n) is 3.69. The minimum absolute atomic E-state index is 0.227. The zero-order valence-corrected chi connectivity index (χ0v) is 15.7. The van der Waals surface area contributed by atoms with E-state index < -0.39 is 12.6 Å². The molecule has 0 unspecified atom stereocenters. The van der Waals surface area contributed by atoms with Crippen LogP contribution in [-0.4, -0.2) is 57.8 Å². The van der Waals surface area contributed by atoms with Crippen molar-refractivity contribution in [2.45, 2.75) is 38.6 Å². The smallest absolute Gasteiger partial charge is 0.247 e. The maximum Gasteiger partial charge on any atom is 0.247 e. The number of rotatable bonds is 5. The highest BCUT2D eigenvalue weighted by Gasteiger charge is 2.30. The van der Waals surface area contributed by atoms with Crippen LogP contribution in [-0.2, 0) is 9.59 Å². The fraction of sp³-hybridized carbons (Fsp3) is 0.450. The summed E-state index contributed by atoms with van der Waals surface area (Å²) in [6, 6.07) is 7.47.